The van der Waals surface area contributed by atoms with Crippen molar-refractivity contribution < 1.29 is 18.6 Å². The summed E-state index contributed by atoms with van der Waals surface area (Å²) in [5.41, 5.74) is 2.25. The average Bonchev–Trinajstić information content (AvgIpc) is 3.01. The molecule has 0 aliphatic carbocycles. The Balaban J connectivity index is 2.06. The van der Waals surface area contributed by atoms with Crippen LogP contribution in [0.5, 0.6) is 0 Å². The molecule has 0 amide bonds. The third-order valence-corrected chi connectivity index (χ3v) is 6.27. The number of H-pyrrole nitrogens is 1. The van der Waals surface area contributed by atoms with Crippen molar-refractivity contribution in [2.24, 2.45) is 0 Å². The Hall–Kier alpha value is -1.02. The largest absolute Gasteiger partial charge is 0.462 e. The number of fused-ring (bicyclic) bond motifs is 1. The van der Waals surface area contributed by atoms with Crippen molar-refractivity contribution >= 4 is 43.4 Å². The Bertz CT molecular complexity index is 728. The SMILES string of the molecule is CCOC(=O)c1cc(Br)cc2c(C3CCS(O)(O)C3)c[nH]c12. The summed E-state index contributed by atoms with van der Waals surface area (Å²) in [4.78, 5) is 15.3. The molecule has 0 saturated carbocycles. The van der Waals surface area contributed by atoms with E-state index in [2.05, 4.69) is 20.9 Å². The van der Waals surface area contributed by atoms with Crippen LogP contribution in [-0.4, -0.2) is 38.2 Å². The number of hydrogen-bond acceptors (Lipinski definition) is 4. The molecule has 1 unspecified atom stereocenters. The van der Waals surface area contributed by atoms with Gasteiger partial charge in [0, 0.05) is 33.5 Å². The van der Waals surface area contributed by atoms with Crippen LogP contribution in [0.3, 0.4) is 0 Å². The first-order valence-corrected chi connectivity index (χ1v) is 9.80. The predicted molar refractivity (Wildman–Crippen MR) is 91.9 cm³/mol. The smallest absolute Gasteiger partial charge is 0.340 e. The van der Waals surface area contributed by atoms with E-state index in [0.717, 1.165) is 27.4 Å². The molecule has 1 atom stereocenters. The van der Waals surface area contributed by atoms with Crippen molar-refractivity contribution in [2.45, 2.75) is 19.3 Å². The first kappa shape index (κ1) is 15.9. The van der Waals surface area contributed by atoms with Crippen LogP contribution < -0.4 is 0 Å². The highest BCUT2D eigenvalue weighted by molar-refractivity contribution is 9.10. The van der Waals surface area contributed by atoms with E-state index < -0.39 is 10.6 Å². The monoisotopic (exact) mass is 387 g/mol. The van der Waals surface area contributed by atoms with Gasteiger partial charge >= 0.3 is 5.97 Å². The maximum Gasteiger partial charge on any atom is 0.340 e. The molecule has 7 heteroatoms. The lowest BCUT2D eigenvalue weighted by atomic mass is 9.97. The van der Waals surface area contributed by atoms with Crippen molar-refractivity contribution in [3.8, 4) is 0 Å². The average molecular weight is 388 g/mol. The Morgan fingerprint density at radius 3 is 2.91 bits per heavy atom. The standard InChI is InChI=1S/C15H18BrNO4S/c1-2-21-15(18)12-6-10(16)5-11-13(7-17-14(11)12)9-3-4-22(19,20)8-9/h5-7,9,17,19-20H,2-4,8H2,1H3. The van der Waals surface area contributed by atoms with Gasteiger partial charge in [0.05, 0.1) is 17.7 Å². The summed E-state index contributed by atoms with van der Waals surface area (Å²) in [6.07, 6.45) is 2.61. The van der Waals surface area contributed by atoms with Crippen LogP contribution in [0, 0.1) is 0 Å². The zero-order valence-corrected chi connectivity index (χ0v) is 14.5. The fourth-order valence-corrected chi connectivity index (χ4v) is 5.27. The lowest BCUT2D eigenvalue weighted by molar-refractivity contribution is 0.0528. The number of carbonyl (C=O) groups excluding carboxylic acids is 1. The van der Waals surface area contributed by atoms with Gasteiger partial charge < -0.3 is 9.72 Å². The summed E-state index contributed by atoms with van der Waals surface area (Å²) in [5.74, 6) is 0.575. The number of carbonyl (C=O) groups is 1. The summed E-state index contributed by atoms with van der Waals surface area (Å²) in [7, 11) is -2.45. The second kappa shape index (κ2) is 5.88. The molecule has 3 N–H and O–H groups in total. The Morgan fingerprint density at radius 1 is 1.50 bits per heavy atom. The molecular weight excluding hydrogens is 370 g/mol. The van der Waals surface area contributed by atoms with Crippen molar-refractivity contribution in [3.05, 3.63) is 33.9 Å². The highest BCUT2D eigenvalue weighted by Gasteiger charge is 2.31. The van der Waals surface area contributed by atoms with Crippen molar-refractivity contribution in [3.63, 3.8) is 0 Å². The van der Waals surface area contributed by atoms with Gasteiger partial charge in [-0.3, -0.25) is 9.11 Å². The molecule has 2 aromatic rings. The van der Waals surface area contributed by atoms with E-state index in [1.807, 2.05) is 12.3 Å². The summed E-state index contributed by atoms with van der Waals surface area (Å²) in [6.45, 7) is 2.10. The molecule has 1 saturated heterocycles. The molecular formula is C15H18BrNO4S. The number of halogens is 1. The van der Waals surface area contributed by atoms with Crippen LogP contribution in [0.25, 0.3) is 10.9 Å². The molecule has 22 heavy (non-hydrogen) atoms. The molecule has 0 radical (unpaired) electrons. The van der Waals surface area contributed by atoms with E-state index in [-0.39, 0.29) is 11.9 Å². The van der Waals surface area contributed by atoms with Crippen LogP contribution in [0.15, 0.2) is 22.8 Å². The number of aromatic nitrogens is 1. The molecule has 2 heterocycles. The van der Waals surface area contributed by atoms with Crippen LogP contribution in [-0.2, 0) is 4.74 Å². The fourth-order valence-electron chi connectivity index (χ4n) is 2.99. The summed E-state index contributed by atoms with van der Waals surface area (Å²) < 4.78 is 25.6. The number of esters is 1. The Morgan fingerprint density at radius 2 is 2.27 bits per heavy atom. The van der Waals surface area contributed by atoms with E-state index in [1.165, 1.54) is 0 Å². The van der Waals surface area contributed by atoms with Gasteiger partial charge in [-0.05, 0) is 31.0 Å². The van der Waals surface area contributed by atoms with Gasteiger partial charge in [0.2, 0.25) is 0 Å². The summed E-state index contributed by atoms with van der Waals surface area (Å²) in [5, 5.41) is 0.930. The van der Waals surface area contributed by atoms with Gasteiger partial charge in [0.1, 0.15) is 0 Å². The molecule has 1 fully saturated rings. The molecule has 1 aromatic heterocycles. The first-order chi connectivity index (χ1) is 10.4. The third kappa shape index (κ3) is 2.90. The summed E-state index contributed by atoms with van der Waals surface area (Å²) >= 11 is 3.44. The van der Waals surface area contributed by atoms with Crippen LogP contribution in [0.1, 0.15) is 35.2 Å². The second-order valence-corrected chi connectivity index (χ2v) is 8.76. The molecule has 120 valence electrons. The fraction of sp³-hybridized carbons (Fsp3) is 0.400. The number of benzene rings is 1. The molecule has 5 nitrogen and oxygen atoms in total. The van der Waals surface area contributed by atoms with Gasteiger partial charge in [0.25, 0.3) is 0 Å². The van der Waals surface area contributed by atoms with Gasteiger partial charge in [0.15, 0.2) is 0 Å². The molecule has 1 aromatic carbocycles. The molecule has 3 rings (SSSR count). The second-order valence-electron chi connectivity index (χ2n) is 5.50. The first-order valence-electron chi connectivity index (χ1n) is 7.12. The van der Waals surface area contributed by atoms with Gasteiger partial charge in [-0.1, -0.05) is 15.9 Å². The molecule has 0 spiro atoms. The van der Waals surface area contributed by atoms with Crippen molar-refractivity contribution in [1.29, 1.82) is 0 Å². The minimum Gasteiger partial charge on any atom is -0.462 e. The van der Waals surface area contributed by atoms with Gasteiger partial charge in [-0.25, -0.2) is 4.79 Å². The maximum atomic E-state index is 12.1. The zero-order valence-electron chi connectivity index (χ0n) is 12.1. The van der Waals surface area contributed by atoms with E-state index in [9.17, 15) is 13.9 Å². The Labute approximate surface area is 138 Å². The number of ether oxygens (including phenoxy) is 1. The minimum absolute atomic E-state index is 0.100. The highest BCUT2D eigenvalue weighted by atomic mass is 79.9. The van der Waals surface area contributed by atoms with Gasteiger partial charge in [-0.2, -0.15) is 10.6 Å². The van der Waals surface area contributed by atoms with E-state index in [0.29, 0.717) is 23.7 Å². The van der Waals surface area contributed by atoms with Crippen LogP contribution in [0.2, 0.25) is 0 Å². The number of rotatable bonds is 3. The molecule has 0 bridgehead atoms. The Kier molecular flexibility index (Phi) is 4.24. The van der Waals surface area contributed by atoms with Crippen LogP contribution in [0.4, 0.5) is 0 Å². The van der Waals surface area contributed by atoms with Crippen molar-refractivity contribution in [2.75, 3.05) is 18.1 Å². The van der Waals surface area contributed by atoms with Crippen molar-refractivity contribution in [1.82, 2.24) is 4.98 Å². The highest BCUT2D eigenvalue weighted by Crippen LogP contribution is 2.52. The normalized spacial score (nSPS) is 21.9. The molecule has 1 aliphatic rings. The number of nitrogens with one attached hydrogen (secondary N) is 1. The lowest BCUT2D eigenvalue weighted by Gasteiger charge is -2.26. The zero-order chi connectivity index (χ0) is 15.9. The summed E-state index contributed by atoms with van der Waals surface area (Å²) in [6, 6.07) is 3.69. The minimum atomic E-state index is -2.45. The lowest BCUT2D eigenvalue weighted by Crippen LogP contribution is -2.05. The van der Waals surface area contributed by atoms with Gasteiger partial charge in [-0.15, -0.1) is 0 Å². The van der Waals surface area contributed by atoms with E-state index >= 15 is 0 Å². The predicted octanol–water partition coefficient (Wildman–Crippen LogP) is 4.35. The number of aromatic amines is 1. The third-order valence-electron chi connectivity index (χ3n) is 3.98. The maximum absolute atomic E-state index is 12.1. The van der Waals surface area contributed by atoms with Crippen LogP contribution >= 0.6 is 26.5 Å². The topological polar surface area (TPSA) is 82.6 Å². The number of hydrogen-bond donors (Lipinski definition) is 3. The quantitative estimate of drug-likeness (QED) is 0.683. The van der Waals surface area contributed by atoms with E-state index in [1.54, 1.807) is 13.0 Å². The van der Waals surface area contributed by atoms with E-state index in [4.69, 9.17) is 4.74 Å². The molecule has 1 aliphatic heterocycles.